The van der Waals surface area contributed by atoms with Gasteiger partial charge in [0.1, 0.15) is 11.6 Å². The van der Waals surface area contributed by atoms with E-state index in [9.17, 15) is 4.39 Å². The molecule has 2 aliphatic carbocycles. The average molecular weight is 561 g/mol. The van der Waals surface area contributed by atoms with Crippen molar-refractivity contribution in [1.29, 1.82) is 0 Å². The number of aromatic nitrogens is 2. The van der Waals surface area contributed by atoms with Crippen LogP contribution in [0.1, 0.15) is 43.7 Å². The van der Waals surface area contributed by atoms with Crippen molar-refractivity contribution in [2.24, 2.45) is 11.7 Å². The van der Waals surface area contributed by atoms with Crippen LogP contribution in [0.3, 0.4) is 0 Å². The van der Waals surface area contributed by atoms with Gasteiger partial charge >= 0.3 is 0 Å². The highest BCUT2D eigenvalue weighted by molar-refractivity contribution is 5.76. The lowest BCUT2D eigenvalue weighted by Gasteiger charge is -2.38. The van der Waals surface area contributed by atoms with Gasteiger partial charge in [0.25, 0.3) is 0 Å². The van der Waals surface area contributed by atoms with Crippen LogP contribution in [0.2, 0.25) is 0 Å². The second kappa shape index (κ2) is 11.0. The Bertz CT molecular complexity index is 1740. The first kappa shape index (κ1) is 26.9. The fourth-order valence-corrected chi connectivity index (χ4v) is 6.44. The summed E-state index contributed by atoms with van der Waals surface area (Å²) in [6.45, 7) is 5.65. The van der Waals surface area contributed by atoms with E-state index in [2.05, 4.69) is 83.1 Å². The minimum absolute atomic E-state index is 0.211. The normalized spacial score (nSPS) is 19.8. The van der Waals surface area contributed by atoms with Crippen molar-refractivity contribution in [1.82, 2.24) is 9.55 Å². The van der Waals surface area contributed by atoms with E-state index in [-0.39, 0.29) is 11.4 Å². The standard InChI is InChI=1S/C36H37FN4O/c1-25-6-17-34-33(16-15-32(25)27-4-2-5-31(24-27)40-20-22-42-23-21-40)39-35(26-7-11-29(37)12-8-26)41(34)30-13-9-28(10-14-30)36(38)18-3-19-36/h2,4-5,7-17,24-25H,3,6,18-23,38H2,1H3. The molecule has 0 bridgehead atoms. The van der Waals surface area contributed by atoms with E-state index >= 15 is 0 Å². The number of hydrogen-bond acceptors (Lipinski definition) is 4. The maximum Gasteiger partial charge on any atom is 0.145 e. The molecule has 1 unspecified atom stereocenters. The van der Waals surface area contributed by atoms with Crippen LogP contribution in [0.4, 0.5) is 10.1 Å². The van der Waals surface area contributed by atoms with Gasteiger partial charge in [-0.15, -0.1) is 0 Å². The number of allylic oxidation sites excluding steroid dienone is 2. The van der Waals surface area contributed by atoms with E-state index in [1.165, 1.54) is 40.9 Å². The Hall–Kier alpha value is -4.00. The molecule has 1 aromatic heterocycles. The molecule has 2 N–H and O–H groups in total. The number of ether oxygens (including phenoxy) is 1. The lowest BCUT2D eigenvalue weighted by atomic mass is 9.73. The highest BCUT2D eigenvalue weighted by Gasteiger charge is 2.34. The maximum atomic E-state index is 13.9. The third-order valence-electron chi connectivity index (χ3n) is 9.16. The van der Waals surface area contributed by atoms with Gasteiger partial charge in [-0.05, 0) is 103 Å². The fraction of sp³-hybridized carbons (Fsp3) is 0.306. The van der Waals surface area contributed by atoms with Gasteiger partial charge in [0, 0.05) is 35.6 Å². The van der Waals surface area contributed by atoms with E-state index in [1.807, 2.05) is 0 Å². The summed E-state index contributed by atoms with van der Waals surface area (Å²) in [4.78, 5) is 7.53. The zero-order chi connectivity index (χ0) is 28.7. The molecule has 2 heterocycles. The number of halogens is 1. The molecule has 0 amide bonds. The van der Waals surface area contributed by atoms with Crippen LogP contribution in [0.25, 0.3) is 34.8 Å². The minimum atomic E-state index is -0.257. The average Bonchev–Trinajstić information content (AvgIpc) is 3.36. The Labute approximate surface area is 246 Å². The van der Waals surface area contributed by atoms with Crippen molar-refractivity contribution in [2.75, 3.05) is 31.2 Å². The van der Waals surface area contributed by atoms with Gasteiger partial charge in [0.15, 0.2) is 0 Å². The molecular formula is C36H37FN4O. The monoisotopic (exact) mass is 560 g/mol. The van der Waals surface area contributed by atoms with Crippen molar-refractivity contribution in [3.05, 3.63) is 107 Å². The second-order valence-electron chi connectivity index (χ2n) is 11.9. The van der Waals surface area contributed by atoms with Gasteiger partial charge in [0.05, 0.1) is 23.9 Å². The molecule has 1 saturated carbocycles. The molecule has 3 aromatic carbocycles. The van der Waals surface area contributed by atoms with Crippen LogP contribution in [0.5, 0.6) is 0 Å². The van der Waals surface area contributed by atoms with Gasteiger partial charge in [-0.25, -0.2) is 9.37 Å². The Morgan fingerprint density at radius 2 is 1.67 bits per heavy atom. The van der Waals surface area contributed by atoms with E-state index < -0.39 is 0 Å². The Balaban J connectivity index is 1.33. The highest BCUT2D eigenvalue weighted by atomic mass is 19.1. The Morgan fingerprint density at radius 1 is 0.905 bits per heavy atom. The lowest BCUT2D eigenvalue weighted by molar-refractivity contribution is 0.122. The molecule has 42 heavy (non-hydrogen) atoms. The third-order valence-corrected chi connectivity index (χ3v) is 9.16. The number of hydrogen-bond donors (Lipinski definition) is 1. The zero-order valence-electron chi connectivity index (χ0n) is 24.1. The number of fused-ring (bicyclic) bond motifs is 1. The summed E-state index contributed by atoms with van der Waals surface area (Å²) in [5.74, 6) is 0.849. The number of nitrogens with two attached hydrogens (primary N) is 1. The first-order chi connectivity index (χ1) is 20.5. The quantitative estimate of drug-likeness (QED) is 0.349. The van der Waals surface area contributed by atoms with E-state index in [0.717, 1.165) is 73.3 Å². The minimum Gasteiger partial charge on any atom is -0.378 e. The van der Waals surface area contributed by atoms with Gasteiger partial charge in [0.2, 0.25) is 0 Å². The smallest absolute Gasteiger partial charge is 0.145 e. The molecule has 1 atom stereocenters. The summed E-state index contributed by atoms with van der Waals surface area (Å²) in [6.07, 6.45) is 10.8. The molecule has 0 spiro atoms. The fourth-order valence-electron chi connectivity index (χ4n) is 6.44. The number of benzene rings is 3. The summed E-state index contributed by atoms with van der Waals surface area (Å²) >= 11 is 0. The maximum absolute atomic E-state index is 13.9. The van der Waals surface area contributed by atoms with Crippen molar-refractivity contribution in [3.63, 3.8) is 0 Å². The van der Waals surface area contributed by atoms with E-state index in [0.29, 0.717) is 5.92 Å². The van der Waals surface area contributed by atoms with Crippen LogP contribution >= 0.6 is 0 Å². The lowest BCUT2D eigenvalue weighted by Crippen LogP contribution is -2.43. The summed E-state index contributed by atoms with van der Waals surface area (Å²) in [5.41, 5.74) is 13.3. The van der Waals surface area contributed by atoms with Gasteiger partial charge in [-0.2, -0.15) is 0 Å². The van der Waals surface area contributed by atoms with Gasteiger partial charge in [-0.3, -0.25) is 4.57 Å². The van der Waals surface area contributed by atoms with Gasteiger partial charge < -0.3 is 15.4 Å². The highest BCUT2D eigenvalue weighted by Crippen LogP contribution is 2.39. The van der Waals surface area contributed by atoms with Crippen LogP contribution in [0.15, 0.2) is 78.9 Å². The predicted molar refractivity (Wildman–Crippen MR) is 168 cm³/mol. The Morgan fingerprint density at radius 3 is 2.38 bits per heavy atom. The summed E-state index contributed by atoms with van der Waals surface area (Å²) in [6, 6.07) is 24.1. The first-order valence-corrected chi connectivity index (χ1v) is 15.1. The molecule has 7 rings (SSSR count). The molecule has 2 fully saturated rings. The van der Waals surface area contributed by atoms with Crippen LogP contribution < -0.4 is 21.3 Å². The molecule has 1 saturated heterocycles. The van der Waals surface area contributed by atoms with Crippen LogP contribution in [-0.2, 0) is 10.3 Å². The Kier molecular flexibility index (Phi) is 7.04. The summed E-state index contributed by atoms with van der Waals surface area (Å²) in [5, 5.41) is 1.96. The second-order valence-corrected chi connectivity index (χ2v) is 11.9. The number of imidazole rings is 1. The SMILES string of the molecule is CC1CC=c2c(nc(-c3ccc(F)cc3)n2-c2ccc(C3(N)CCC3)cc2)=CC=C1c1cccc(N2CCOCC2)c1. The topological polar surface area (TPSA) is 56.3 Å². The van der Waals surface area contributed by atoms with Crippen molar-refractivity contribution in [2.45, 2.75) is 38.1 Å². The largest absolute Gasteiger partial charge is 0.378 e. The predicted octanol–water partition coefficient (Wildman–Crippen LogP) is 5.54. The van der Waals surface area contributed by atoms with E-state index in [1.54, 1.807) is 12.1 Å². The molecule has 0 radical (unpaired) electrons. The third kappa shape index (κ3) is 4.99. The van der Waals surface area contributed by atoms with Crippen molar-refractivity contribution in [3.8, 4) is 17.1 Å². The number of anilines is 1. The summed E-state index contributed by atoms with van der Waals surface area (Å²) in [7, 11) is 0. The molecule has 5 nitrogen and oxygen atoms in total. The van der Waals surface area contributed by atoms with E-state index in [4.69, 9.17) is 15.5 Å². The molecule has 3 aliphatic rings. The van der Waals surface area contributed by atoms with Crippen molar-refractivity contribution >= 4 is 23.4 Å². The zero-order valence-corrected chi connectivity index (χ0v) is 24.1. The van der Waals surface area contributed by atoms with Crippen LogP contribution in [0, 0.1) is 11.7 Å². The number of nitrogens with zero attached hydrogens (tertiary/aromatic N) is 3. The number of rotatable bonds is 5. The number of morpholine rings is 1. The molecule has 214 valence electrons. The van der Waals surface area contributed by atoms with Gasteiger partial charge in [-0.1, -0.05) is 43.3 Å². The van der Waals surface area contributed by atoms with Crippen molar-refractivity contribution < 1.29 is 9.13 Å². The molecular weight excluding hydrogens is 523 g/mol. The molecule has 4 aromatic rings. The summed E-state index contributed by atoms with van der Waals surface area (Å²) < 4.78 is 21.7. The first-order valence-electron chi connectivity index (χ1n) is 15.1. The molecule has 1 aliphatic heterocycles. The van der Waals surface area contributed by atoms with Crippen LogP contribution in [-0.4, -0.2) is 35.9 Å². The molecule has 6 heteroatoms.